The molecule has 0 aromatic heterocycles. The van der Waals surface area contributed by atoms with Crippen LogP contribution in [0.3, 0.4) is 0 Å². The molecule has 0 spiro atoms. The first-order valence-electron chi connectivity index (χ1n) is 3.06. The lowest BCUT2D eigenvalue weighted by Crippen LogP contribution is -2.76. The van der Waals surface area contributed by atoms with E-state index in [4.69, 9.17) is 15.5 Å². The van der Waals surface area contributed by atoms with Crippen LogP contribution < -0.4 is 11.0 Å². The molecule has 0 saturated heterocycles. The van der Waals surface area contributed by atoms with E-state index in [0.29, 0.717) is 5.69 Å². The van der Waals surface area contributed by atoms with Gasteiger partial charge in [-0.15, -0.1) is 0 Å². The number of hydrogen-bond donors (Lipinski definition) is 5. The van der Waals surface area contributed by atoms with Crippen LogP contribution >= 0.6 is 0 Å². The monoisotopic (exact) mass is 158 g/mol. The van der Waals surface area contributed by atoms with Gasteiger partial charge in [0.15, 0.2) is 11.4 Å². The van der Waals surface area contributed by atoms with Crippen molar-refractivity contribution in [1.29, 1.82) is 0 Å². The molecule has 0 aliphatic rings. The molecule has 5 heteroatoms. The maximum Gasteiger partial charge on any atom is 0.209 e. The van der Waals surface area contributed by atoms with Gasteiger partial charge in [-0.25, -0.2) is 10.4 Å². The van der Waals surface area contributed by atoms with Crippen molar-refractivity contribution in [2.75, 3.05) is 0 Å². The lowest BCUT2D eigenvalue weighted by molar-refractivity contribution is -0.831. The summed E-state index contributed by atoms with van der Waals surface area (Å²) in [5.41, 5.74) is 2.49. The summed E-state index contributed by atoms with van der Waals surface area (Å²) in [6.45, 7) is 0. The highest BCUT2D eigenvalue weighted by molar-refractivity contribution is 5.50. The summed E-state index contributed by atoms with van der Waals surface area (Å²) in [7, 11) is 0. The van der Waals surface area contributed by atoms with Crippen LogP contribution in [-0.2, 0) is 0 Å². The van der Waals surface area contributed by atoms with Crippen LogP contribution in [0.25, 0.3) is 0 Å². The number of phenolic OH excluding ortho intramolecular Hbond substituents is 1. The molecule has 0 heterocycles. The van der Waals surface area contributed by atoms with Gasteiger partial charge in [0.1, 0.15) is 0 Å². The Bertz CT molecular complexity index is 252. The highest BCUT2D eigenvalue weighted by Gasteiger charge is 2.06. The summed E-state index contributed by atoms with van der Waals surface area (Å²) in [6, 6.07) is 4.38. The van der Waals surface area contributed by atoms with Gasteiger partial charge in [0, 0.05) is 6.07 Å². The minimum Gasteiger partial charge on any atom is -0.503 e. The number of rotatable bonds is 2. The Hall–Kier alpha value is -1.14. The SMILES string of the molecule is O[NH2+]c1ccc(O)c([NH2+]O)c1. The van der Waals surface area contributed by atoms with Crippen LogP contribution in [0.4, 0.5) is 11.4 Å². The first-order chi connectivity index (χ1) is 5.27. The molecule has 60 valence electrons. The van der Waals surface area contributed by atoms with Gasteiger partial charge in [-0.2, -0.15) is 11.0 Å². The molecule has 1 aromatic rings. The zero-order chi connectivity index (χ0) is 8.27. The zero-order valence-corrected chi connectivity index (χ0v) is 5.73. The number of aromatic hydroxyl groups is 1. The molecule has 1 rings (SSSR count). The van der Waals surface area contributed by atoms with Crippen LogP contribution in [-0.4, -0.2) is 15.5 Å². The molecule has 0 bridgehead atoms. The summed E-state index contributed by atoms with van der Waals surface area (Å²) in [5, 5.41) is 26.1. The topological polar surface area (TPSA) is 93.9 Å². The lowest BCUT2D eigenvalue weighted by atomic mass is 10.2. The molecule has 0 atom stereocenters. The Kier molecular flexibility index (Phi) is 2.40. The van der Waals surface area contributed by atoms with E-state index in [1.165, 1.54) is 18.2 Å². The van der Waals surface area contributed by atoms with E-state index in [2.05, 4.69) is 0 Å². The van der Waals surface area contributed by atoms with E-state index in [1.54, 1.807) is 0 Å². The lowest BCUT2D eigenvalue weighted by Gasteiger charge is -1.96. The Labute approximate surface area is 62.8 Å². The maximum absolute atomic E-state index is 9.04. The van der Waals surface area contributed by atoms with Crippen LogP contribution in [0, 0.1) is 0 Å². The van der Waals surface area contributed by atoms with E-state index in [-0.39, 0.29) is 11.4 Å². The minimum atomic E-state index is -0.0156. The molecular weight excluding hydrogens is 148 g/mol. The van der Waals surface area contributed by atoms with Crippen LogP contribution in [0.1, 0.15) is 0 Å². The first kappa shape index (κ1) is 7.96. The molecule has 1 aromatic carbocycles. The van der Waals surface area contributed by atoms with E-state index in [0.717, 1.165) is 11.0 Å². The highest BCUT2D eigenvalue weighted by Crippen LogP contribution is 2.19. The number of nitrogens with two attached hydrogens (primary N) is 2. The average Bonchev–Trinajstić information content (AvgIpc) is 2.05. The quantitative estimate of drug-likeness (QED) is 0.158. The summed E-state index contributed by atoms with van der Waals surface area (Å²) in [4.78, 5) is 0. The molecule has 0 aliphatic carbocycles. The molecule has 5 nitrogen and oxygen atoms in total. The Morgan fingerprint density at radius 2 is 1.82 bits per heavy atom. The number of phenols is 1. The molecule has 7 N–H and O–H groups in total. The molecule has 0 unspecified atom stereocenters. The van der Waals surface area contributed by atoms with Crippen molar-refractivity contribution in [3.05, 3.63) is 18.2 Å². The second kappa shape index (κ2) is 3.31. The summed E-state index contributed by atoms with van der Waals surface area (Å²) in [5.74, 6) is -0.0156. The first-order valence-corrected chi connectivity index (χ1v) is 3.06. The van der Waals surface area contributed by atoms with Gasteiger partial charge in [0.05, 0.1) is 6.07 Å². The molecular formula is C6H10N2O3+2. The number of benzene rings is 1. The van der Waals surface area contributed by atoms with Gasteiger partial charge >= 0.3 is 0 Å². The third-order valence-electron chi connectivity index (χ3n) is 1.34. The van der Waals surface area contributed by atoms with E-state index >= 15 is 0 Å². The second-order valence-corrected chi connectivity index (χ2v) is 2.08. The fraction of sp³-hybridized carbons (Fsp3) is 0. The number of quaternary nitrogens is 2. The summed E-state index contributed by atoms with van der Waals surface area (Å²) in [6.07, 6.45) is 0. The third-order valence-corrected chi connectivity index (χ3v) is 1.34. The molecule has 0 radical (unpaired) electrons. The van der Waals surface area contributed by atoms with Crippen molar-refractivity contribution < 1.29 is 26.5 Å². The fourth-order valence-corrected chi connectivity index (χ4v) is 0.757. The minimum absolute atomic E-state index is 0.0156. The maximum atomic E-state index is 9.04. The van der Waals surface area contributed by atoms with Crippen LogP contribution in [0.2, 0.25) is 0 Å². The molecule has 0 aliphatic heterocycles. The second-order valence-electron chi connectivity index (χ2n) is 2.08. The van der Waals surface area contributed by atoms with Gasteiger partial charge in [0.25, 0.3) is 0 Å². The van der Waals surface area contributed by atoms with Crippen molar-refractivity contribution in [3.63, 3.8) is 0 Å². The van der Waals surface area contributed by atoms with Crippen LogP contribution in [0.15, 0.2) is 18.2 Å². The number of hydrogen-bond acceptors (Lipinski definition) is 3. The Balaban J connectivity index is 3.02. The van der Waals surface area contributed by atoms with Gasteiger partial charge in [0.2, 0.25) is 5.69 Å². The average molecular weight is 158 g/mol. The van der Waals surface area contributed by atoms with E-state index in [9.17, 15) is 0 Å². The normalized spacial score (nSPS) is 10.0. The molecule has 0 amide bonds. The Morgan fingerprint density at radius 1 is 1.09 bits per heavy atom. The predicted molar refractivity (Wildman–Crippen MR) is 34.9 cm³/mol. The van der Waals surface area contributed by atoms with Crippen molar-refractivity contribution in [2.24, 2.45) is 0 Å². The van der Waals surface area contributed by atoms with Crippen molar-refractivity contribution in [1.82, 2.24) is 0 Å². The van der Waals surface area contributed by atoms with Crippen molar-refractivity contribution in [2.45, 2.75) is 0 Å². The summed E-state index contributed by atoms with van der Waals surface area (Å²) >= 11 is 0. The van der Waals surface area contributed by atoms with Crippen molar-refractivity contribution >= 4 is 11.4 Å². The zero-order valence-electron chi connectivity index (χ0n) is 5.73. The van der Waals surface area contributed by atoms with Gasteiger partial charge in [-0.3, -0.25) is 0 Å². The van der Waals surface area contributed by atoms with Gasteiger partial charge in [-0.1, -0.05) is 0 Å². The van der Waals surface area contributed by atoms with Gasteiger partial charge < -0.3 is 5.11 Å². The third kappa shape index (κ3) is 1.66. The fourth-order valence-electron chi connectivity index (χ4n) is 0.757. The Morgan fingerprint density at radius 3 is 2.36 bits per heavy atom. The predicted octanol–water partition coefficient (Wildman–Crippen LogP) is -1.44. The van der Waals surface area contributed by atoms with Gasteiger partial charge in [-0.05, 0) is 6.07 Å². The molecule has 0 saturated carbocycles. The van der Waals surface area contributed by atoms with E-state index in [1.807, 2.05) is 0 Å². The molecule has 0 fully saturated rings. The van der Waals surface area contributed by atoms with E-state index < -0.39 is 0 Å². The standard InChI is InChI=1S/C6H8N2O3/c9-6-2-1-4(7-10)3-5(6)8-11/h1-3,7-11H/p+2. The van der Waals surface area contributed by atoms with Crippen molar-refractivity contribution in [3.8, 4) is 5.75 Å². The molecule has 11 heavy (non-hydrogen) atoms. The highest BCUT2D eigenvalue weighted by atomic mass is 16.5. The smallest absolute Gasteiger partial charge is 0.209 e. The summed E-state index contributed by atoms with van der Waals surface area (Å²) < 4.78 is 0. The van der Waals surface area contributed by atoms with Crippen LogP contribution in [0.5, 0.6) is 5.75 Å². The largest absolute Gasteiger partial charge is 0.503 e.